The molecule has 0 aliphatic carbocycles. The first-order valence-corrected chi connectivity index (χ1v) is 11.2. The average molecular weight is 507 g/mol. The van der Waals surface area contributed by atoms with E-state index in [1.165, 1.54) is 12.1 Å². The van der Waals surface area contributed by atoms with Crippen molar-refractivity contribution in [1.82, 2.24) is 4.90 Å². The highest BCUT2D eigenvalue weighted by Crippen LogP contribution is 2.36. The van der Waals surface area contributed by atoms with Crippen LogP contribution in [-0.2, 0) is 4.79 Å². The van der Waals surface area contributed by atoms with Crippen LogP contribution >= 0.6 is 34.8 Å². The second-order valence-corrected chi connectivity index (χ2v) is 8.59. The smallest absolute Gasteiger partial charge is 0.294 e. The minimum absolute atomic E-state index is 0.0448. The highest BCUT2D eigenvalue weighted by atomic mass is 35.5. The number of nitro benzene ring substituents is 1. The zero-order chi connectivity index (χ0) is 23.5. The van der Waals surface area contributed by atoms with Crippen molar-refractivity contribution in [2.75, 3.05) is 31.1 Å². The van der Waals surface area contributed by atoms with E-state index in [2.05, 4.69) is 0 Å². The normalized spacial score (nSPS) is 14.2. The van der Waals surface area contributed by atoms with Crippen LogP contribution in [0.15, 0.2) is 59.0 Å². The van der Waals surface area contributed by atoms with Gasteiger partial charge in [0, 0.05) is 48.9 Å². The highest BCUT2D eigenvalue weighted by Gasteiger charge is 2.27. The number of piperazine rings is 1. The van der Waals surface area contributed by atoms with E-state index < -0.39 is 4.92 Å². The first-order valence-electron chi connectivity index (χ1n) is 10.0. The average Bonchev–Trinajstić information content (AvgIpc) is 3.26. The lowest BCUT2D eigenvalue weighted by Crippen LogP contribution is -2.48. The number of carbonyl (C=O) groups is 1. The summed E-state index contributed by atoms with van der Waals surface area (Å²) in [6, 6.07) is 13.3. The summed E-state index contributed by atoms with van der Waals surface area (Å²) in [4.78, 5) is 27.1. The molecule has 0 unspecified atom stereocenters. The number of hydrogen-bond acceptors (Lipinski definition) is 5. The van der Waals surface area contributed by atoms with Gasteiger partial charge in [-0.15, -0.1) is 0 Å². The maximum absolute atomic E-state index is 12.6. The molecule has 0 saturated carbocycles. The molecule has 7 nitrogen and oxygen atoms in total. The molecule has 0 spiro atoms. The molecule has 4 rings (SSSR count). The Labute approximate surface area is 204 Å². The van der Waals surface area contributed by atoms with Crippen molar-refractivity contribution in [3.8, 4) is 11.3 Å². The summed E-state index contributed by atoms with van der Waals surface area (Å²) in [6.07, 6.45) is 3.04. The molecule has 2 heterocycles. The van der Waals surface area contributed by atoms with E-state index in [-0.39, 0.29) is 11.6 Å². The fourth-order valence-corrected chi connectivity index (χ4v) is 4.44. The van der Waals surface area contributed by atoms with Gasteiger partial charge in [-0.2, -0.15) is 0 Å². The second-order valence-electron chi connectivity index (χ2n) is 7.34. The van der Waals surface area contributed by atoms with E-state index in [9.17, 15) is 14.9 Å². The third-order valence-corrected chi connectivity index (χ3v) is 6.14. The summed E-state index contributed by atoms with van der Waals surface area (Å²) in [5.74, 6) is 0.902. The number of rotatable bonds is 5. The molecule has 0 N–H and O–H groups in total. The Balaban J connectivity index is 1.39. The van der Waals surface area contributed by atoms with Crippen molar-refractivity contribution in [3.05, 3.63) is 85.5 Å². The quantitative estimate of drug-likeness (QED) is 0.235. The molecule has 1 aliphatic rings. The first-order chi connectivity index (χ1) is 15.8. The van der Waals surface area contributed by atoms with Gasteiger partial charge in [0.2, 0.25) is 5.91 Å². The van der Waals surface area contributed by atoms with E-state index in [1.54, 1.807) is 53.4 Å². The molecule has 0 radical (unpaired) electrons. The maximum atomic E-state index is 12.6. The molecule has 1 aromatic heterocycles. The Bertz CT molecular complexity index is 1230. The van der Waals surface area contributed by atoms with Gasteiger partial charge >= 0.3 is 0 Å². The van der Waals surface area contributed by atoms with Crippen molar-refractivity contribution >= 4 is 58.2 Å². The fourth-order valence-electron chi connectivity index (χ4n) is 3.65. The van der Waals surface area contributed by atoms with Crippen molar-refractivity contribution in [1.29, 1.82) is 0 Å². The SMILES string of the molecule is O=C(/C=C/c1ccc(-c2ccc(Cl)cc2Cl)o1)N1CCN(c2c(Cl)cccc2[N+](=O)[O-])CC1. The zero-order valence-corrected chi connectivity index (χ0v) is 19.5. The number of carbonyl (C=O) groups excluding carboxylic acids is 1. The van der Waals surface area contributed by atoms with Gasteiger partial charge < -0.3 is 14.2 Å². The topological polar surface area (TPSA) is 79.8 Å². The fraction of sp³-hybridized carbons (Fsp3) is 0.174. The van der Waals surface area contributed by atoms with Gasteiger partial charge in [-0.1, -0.05) is 40.9 Å². The van der Waals surface area contributed by atoms with Crippen molar-refractivity contribution in [3.63, 3.8) is 0 Å². The monoisotopic (exact) mass is 505 g/mol. The summed E-state index contributed by atoms with van der Waals surface area (Å²) in [6.45, 7) is 1.69. The van der Waals surface area contributed by atoms with Crippen LogP contribution < -0.4 is 4.90 Å². The molecule has 1 amide bonds. The third kappa shape index (κ3) is 5.16. The van der Waals surface area contributed by atoms with Crippen LogP contribution in [-0.4, -0.2) is 41.9 Å². The van der Waals surface area contributed by atoms with Crippen LogP contribution in [0.5, 0.6) is 0 Å². The van der Waals surface area contributed by atoms with Gasteiger partial charge in [0.15, 0.2) is 0 Å². The van der Waals surface area contributed by atoms with Crippen LogP contribution in [0.1, 0.15) is 5.76 Å². The molecule has 33 heavy (non-hydrogen) atoms. The van der Waals surface area contributed by atoms with Gasteiger partial charge in [-0.05, 0) is 42.5 Å². The number of furan rings is 1. The second kappa shape index (κ2) is 9.87. The lowest BCUT2D eigenvalue weighted by atomic mass is 10.2. The molecule has 0 bridgehead atoms. The minimum Gasteiger partial charge on any atom is -0.457 e. The van der Waals surface area contributed by atoms with E-state index in [4.69, 9.17) is 39.2 Å². The van der Waals surface area contributed by atoms with Crippen LogP contribution in [0.2, 0.25) is 15.1 Å². The first kappa shape index (κ1) is 23.2. The molecule has 2 aromatic carbocycles. The Kier molecular flexibility index (Phi) is 6.93. The Morgan fingerprint density at radius 3 is 2.45 bits per heavy atom. The summed E-state index contributed by atoms with van der Waals surface area (Å²) < 4.78 is 5.78. The Morgan fingerprint density at radius 2 is 1.76 bits per heavy atom. The molecular formula is C23H18Cl3N3O4. The van der Waals surface area contributed by atoms with Gasteiger partial charge in [-0.3, -0.25) is 14.9 Å². The van der Waals surface area contributed by atoms with Crippen molar-refractivity contribution in [2.24, 2.45) is 0 Å². The largest absolute Gasteiger partial charge is 0.457 e. The number of halogens is 3. The molecule has 1 saturated heterocycles. The number of hydrogen-bond donors (Lipinski definition) is 0. The maximum Gasteiger partial charge on any atom is 0.294 e. The predicted molar refractivity (Wildman–Crippen MR) is 130 cm³/mol. The van der Waals surface area contributed by atoms with Gasteiger partial charge in [0.1, 0.15) is 17.2 Å². The number of amides is 1. The number of benzene rings is 2. The standard InChI is InChI=1S/C23H18Cl3N3O4/c24-15-4-7-17(19(26)14-15)21-8-5-16(33-21)6-9-22(30)27-10-12-28(13-11-27)23-18(25)2-1-3-20(23)29(31)32/h1-9,14H,10-13H2/b9-6+. The highest BCUT2D eigenvalue weighted by molar-refractivity contribution is 6.36. The lowest BCUT2D eigenvalue weighted by molar-refractivity contribution is -0.384. The van der Waals surface area contributed by atoms with Crippen LogP contribution in [0.3, 0.4) is 0 Å². The van der Waals surface area contributed by atoms with E-state index in [0.29, 0.717) is 64.0 Å². The minimum atomic E-state index is -0.448. The van der Waals surface area contributed by atoms with Gasteiger partial charge in [0.05, 0.1) is 15.0 Å². The molecule has 1 aliphatic heterocycles. The molecule has 10 heteroatoms. The van der Waals surface area contributed by atoms with Crippen LogP contribution in [0, 0.1) is 10.1 Å². The van der Waals surface area contributed by atoms with Crippen LogP contribution in [0.25, 0.3) is 17.4 Å². The predicted octanol–water partition coefficient (Wildman–Crippen LogP) is 6.18. The van der Waals surface area contributed by atoms with E-state index in [1.807, 2.05) is 4.90 Å². The number of nitrogens with zero attached hydrogens (tertiary/aromatic N) is 3. The molecule has 0 atom stereocenters. The molecule has 170 valence electrons. The Hall–Kier alpha value is -3.00. The summed E-state index contributed by atoms with van der Waals surface area (Å²) in [5, 5.41) is 12.7. The number of para-hydroxylation sites is 1. The zero-order valence-electron chi connectivity index (χ0n) is 17.2. The molecular weight excluding hydrogens is 489 g/mol. The number of nitro groups is 1. The van der Waals surface area contributed by atoms with Crippen molar-refractivity contribution in [2.45, 2.75) is 0 Å². The molecule has 1 fully saturated rings. The Morgan fingerprint density at radius 1 is 1.00 bits per heavy atom. The number of anilines is 1. The lowest BCUT2D eigenvalue weighted by Gasteiger charge is -2.35. The summed E-state index contributed by atoms with van der Waals surface area (Å²) in [7, 11) is 0. The molecule has 3 aromatic rings. The van der Waals surface area contributed by atoms with Gasteiger partial charge in [0.25, 0.3) is 5.69 Å². The summed E-state index contributed by atoms with van der Waals surface area (Å²) in [5.41, 5.74) is 1.05. The summed E-state index contributed by atoms with van der Waals surface area (Å²) >= 11 is 18.4. The third-order valence-electron chi connectivity index (χ3n) is 5.28. The van der Waals surface area contributed by atoms with Gasteiger partial charge in [-0.25, -0.2) is 0 Å². The van der Waals surface area contributed by atoms with Crippen molar-refractivity contribution < 1.29 is 14.1 Å². The van der Waals surface area contributed by atoms with Crippen LogP contribution in [0.4, 0.5) is 11.4 Å². The van der Waals surface area contributed by atoms with E-state index >= 15 is 0 Å². The van der Waals surface area contributed by atoms with E-state index in [0.717, 1.165) is 0 Å².